The third kappa shape index (κ3) is 52.1. The van der Waals surface area contributed by atoms with Crippen LogP contribution in [0.5, 0.6) is 0 Å². The fraction of sp³-hybridized carbons (Fsp3) is 0.783. The minimum atomic E-state index is -0.797. The van der Waals surface area contributed by atoms with E-state index in [0.717, 1.165) is 83.5 Å². The monoisotopic (exact) mass is 923 g/mol. The smallest absolute Gasteiger partial charge is 0.306 e. The lowest BCUT2D eigenvalue weighted by Gasteiger charge is -2.18. The van der Waals surface area contributed by atoms with Gasteiger partial charge in [0.15, 0.2) is 6.10 Å². The first-order valence-corrected chi connectivity index (χ1v) is 28.3. The van der Waals surface area contributed by atoms with Crippen LogP contribution in [0.2, 0.25) is 0 Å². The summed E-state index contributed by atoms with van der Waals surface area (Å²) in [6.45, 7) is 6.49. The summed E-state index contributed by atoms with van der Waals surface area (Å²) in [5.74, 6) is -0.932. The van der Waals surface area contributed by atoms with Crippen molar-refractivity contribution in [1.82, 2.24) is 0 Å². The predicted molar refractivity (Wildman–Crippen MR) is 284 cm³/mol. The first kappa shape index (κ1) is 63.1. The van der Waals surface area contributed by atoms with Gasteiger partial charge in [-0.25, -0.2) is 0 Å². The SMILES string of the molecule is CC/C=C\C/C=C\C/C=C\C/C=C\CCCCC(=O)OC(COC(=O)CCCCCCC/C=C\CCCCCC)COC(=O)CCCCCCCCCCCCCCCCCCCCCC. The highest BCUT2D eigenvalue weighted by Gasteiger charge is 2.19. The Morgan fingerprint density at radius 2 is 0.591 bits per heavy atom. The molecule has 0 saturated heterocycles. The van der Waals surface area contributed by atoms with Gasteiger partial charge in [-0.3, -0.25) is 14.4 Å². The summed E-state index contributed by atoms with van der Waals surface area (Å²) in [7, 11) is 0. The Morgan fingerprint density at radius 1 is 0.318 bits per heavy atom. The molecule has 0 saturated carbocycles. The van der Waals surface area contributed by atoms with E-state index in [2.05, 4.69) is 81.5 Å². The summed E-state index contributed by atoms with van der Waals surface area (Å²) in [6.07, 6.45) is 67.9. The van der Waals surface area contributed by atoms with Crippen LogP contribution in [-0.2, 0) is 28.6 Å². The molecule has 1 unspecified atom stereocenters. The first-order valence-electron chi connectivity index (χ1n) is 28.3. The van der Waals surface area contributed by atoms with E-state index in [-0.39, 0.29) is 37.5 Å². The Kier molecular flexibility index (Phi) is 52.3. The van der Waals surface area contributed by atoms with Gasteiger partial charge in [0, 0.05) is 19.3 Å². The molecule has 0 bridgehead atoms. The van der Waals surface area contributed by atoms with Gasteiger partial charge in [0.2, 0.25) is 0 Å². The highest BCUT2D eigenvalue weighted by Crippen LogP contribution is 2.16. The standard InChI is InChI=1S/C60H106O6/c1-4-7-10-13-16-19-22-25-27-28-29-30-31-33-35-38-41-44-47-50-53-59(62)65-56-57(55-64-58(61)52-49-46-43-40-37-34-24-21-18-15-12-9-6-3)66-60(63)54-51-48-45-42-39-36-32-26-23-20-17-14-11-8-5-2/h8,11,17,20-21,24,26,32,39,42,57H,4-7,9-10,12-16,18-19,22-23,25,27-31,33-38,40-41,43-56H2,1-3H3/b11-8-,20-17-,24-21-,32-26-,42-39-. The van der Waals surface area contributed by atoms with Gasteiger partial charge in [-0.15, -0.1) is 0 Å². The summed E-state index contributed by atoms with van der Waals surface area (Å²) >= 11 is 0. The predicted octanol–water partition coefficient (Wildman–Crippen LogP) is 18.8. The molecule has 66 heavy (non-hydrogen) atoms. The lowest BCUT2D eigenvalue weighted by molar-refractivity contribution is -0.167. The molecule has 0 heterocycles. The number of rotatable bonds is 51. The Bertz CT molecular complexity index is 1200. The lowest BCUT2D eigenvalue weighted by Crippen LogP contribution is -2.30. The van der Waals surface area contributed by atoms with Crippen LogP contribution in [-0.4, -0.2) is 37.2 Å². The van der Waals surface area contributed by atoms with Crippen LogP contribution >= 0.6 is 0 Å². The van der Waals surface area contributed by atoms with Gasteiger partial charge in [0.25, 0.3) is 0 Å². The molecule has 0 aliphatic carbocycles. The topological polar surface area (TPSA) is 78.9 Å². The Morgan fingerprint density at radius 3 is 0.985 bits per heavy atom. The molecule has 6 heteroatoms. The number of unbranched alkanes of at least 4 members (excludes halogenated alkanes) is 30. The van der Waals surface area contributed by atoms with Gasteiger partial charge in [0.1, 0.15) is 13.2 Å². The van der Waals surface area contributed by atoms with Crippen molar-refractivity contribution in [2.24, 2.45) is 0 Å². The third-order valence-electron chi connectivity index (χ3n) is 12.3. The number of esters is 3. The van der Waals surface area contributed by atoms with Crippen LogP contribution in [0.3, 0.4) is 0 Å². The molecule has 0 radical (unpaired) electrons. The molecule has 6 nitrogen and oxygen atoms in total. The van der Waals surface area contributed by atoms with E-state index >= 15 is 0 Å². The van der Waals surface area contributed by atoms with Gasteiger partial charge < -0.3 is 14.2 Å². The maximum absolute atomic E-state index is 12.8. The zero-order valence-corrected chi connectivity index (χ0v) is 43.7. The van der Waals surface area contributed by atoms with E-state index in [1.54, 1.807) is 0 Å². The number of carbonyl (C=O) groups is 3. The first-order chi connectivity index (χ1) is 32.5. The van der Waals surface area contributed by atoms with Crippen molar-refractivity contribution in [3.63, 3.8) is 0 Å². The van der Waals surface area contributed by atoms with Crippen LogP contribution in [0, 0.1) is 0 Å². The van der Waals surface area contributed by atoms with Crippen molar-refractivity contribution in [2.75, 3.05) is 13.2 Å². The molecule has 0 aromatic carbocycles. The zero-order chi connectivity index (χ0) is 47.9. The van der Waals surface area contributed by atoms with Gasteiger partial charge in [-0.1, -0.05) is 242 Å². The van der Waals surface area contributed by atoms with E-state index < -0.39 is 6.10 Å². The highest BCUT2D eigenvalue weighted by atomic mass is 16.6. The molecule has 0 N–H and O–H groups in total. The summed E-state index contributed by atoms with van der Waals surface area (Å²) < 4.78 is 16.8. The van der Waals surface area contributed by atoms with Gasteiger partial charge in [-0.05, 0) is 83.5 Å². The summed E-state index contributed by atoms with van der Waals surface area (Å²) in [4.78, 5) is 38.1. The second kappa shape index (κ2) is 54.7. The maximum atomic E-state index is 12.8. The fourth-order valence-corrected chi connectivity index (χ4v) is 8.02. The quantitative estimate of drug-likeness (QED) is 0.0262. The Balaban J connectivity index is 4.37. The molecular weight excluding hydrogens is 817 g/mol. The Labute approximate surface area is 409 Å². The normalized spacial score (nSPS) is 12.5. The summed E-state index contributed by atoms with van der Waals surface area (Å²) in [5, 5.41) is 0. The van der Waals surface area contributed by atoms with Crippen LogP contribution in [0.15, 0.2) is 60.8 Å². The molecule has 0 rings (SSSR count). The van der Waals surface area contributed by atoms with E-state index in [9.17, 15) is 14.4 Å². The average molecular weight is 924 g/mol. The minimum Gasteiger partial charge on any atom is -0.462 e. The largest absolute Gasteiger partial charge is 0.462 e. The van der Waals surface area contributed by atoms with Crippen molar-refractivity contribution < 1.29 is 28.6 Å². The average Bonchev–Trinajstić information content (AvgIpc) is 3.31. The van der Waals surface area contributed by atoms with Crippen LogP contribution in [0.25, 0.3) is 0 Å². The van der Waals surface area contributed by atoms with Crippen LogP contribution < -0.4 is 0 Å². The minimum absolute atomic E-state index is 0.0911. The van der Waals surface area contributed by atoms with Crippen molar-refractivity contribution in [2.45, 2.75) is 290 Å². The highest BCUT2D eigenvalue weighted by molar-refractivity contribution is 5.71. The number of hydrogen-bond acceptors (Lipinski definition) is 6. The molecule has 0 aliphatic rings. The molecule has 0 aromatic heterocycles. The lowest BCUT2D eigenvalue weighted by atomic mass is 10.0. The van der Waals surface area contributed by atoms with Gasteiger partial charge in [0.05, 0.1) is 0 Å². The molecule has 382 valence electrons. The summed E-state index contributed by atoms with van der Waals surface area (Å²) in [6, 6.07) is 0. The fourth-order valence-electron chi connectivity index (χ4n) is 8.02. The van der Waals surface area contributed by atoms with Crippen molar-refractivity contribution >= 4 is 17.9 Å². The van der Waals surface area contributed by atoms with E-state index in [1.807, 2.05) is 0 Å². The zero-order valence-electron chi connectivity index (χ0n) is 43.7. The number of carbonyl (C=O) groups excluding carboxylic acids is 3. The molecule has 1 atom stereocenters. The second-order valence-electron chi connectivity index (χ2n) is 18.8. The molecular formula is C60H106O6. The van der Waals surface area contributed by atoms with E-state index in [0.29, 0.717) is 19.3 Å². The van der Waals surface area contributed by atoms with Crippen molar-refractivity contribution in [3.8, 4) is 0 Å². The molecule has 0 amide bonds. The van der Waals surface area contributed by atoms with Crippen LogP contribution in [0.4, 0.5) is 0 Å². The van der Waals surface area contributed by atoms with E-state index in [4.69, 9.17) is 14.2 Å². The second-order valence-corrected chi connectivity index (χ2v) is 18.8. The number of allylic oxidation sites excluding steroid dienone is 10. The molecule has 0 spiro atoms. The van der Waals surface area contributed by atoms with Gasteiger partial charge >= 0.3 is 17.9 Å². The van der Waals surface area contributed by atoms with Crippen molar-refractivity contribution in [3.05, 3.63) is 60.8 Å². The van der Waals surface area contributed by atoms with Crippen LogP contribution in [0.1, 0.15) is 284 Å². The van der Waals surface area contributed by atoms with Gasteiger partial charge in [-0.2, -0.15) is 0 Å². The van der Waals surface area contributed by atoms with Crippen molar-refractivity contribution in [1.29, 1.82) is 0 Å². The number of ether oxygens (including phenoxy) is 3. The third-order valence-corrected chi connectivity index (χ3v) is 12.3. The Hall–Kier alpha value is -2.89. The van der Waals surface area contributed by atoms with E-state index in [1.165, 1.54) is 154 Å². The summed E-state index contributed by atoms with van der Waals surface area (Å²) in [5.41, 5.74) is 0. The molecule has 0 aromatic rings. The molecule has 0 fully saturated rings. The maximum Gasteiger partial charge on any atom is 0.306 e. The number of hydrogen-bond donors (Lipinski definition) is 0. The molecule has 0 aliphatic heterocycles.